The van der Waals surface area contributed by atoms with Crippen LogP contribution in [0, 0.1) is 0 Å². The molecule has 136 valence electrons. The zero-order valence-corrected chi connectivity index (χ0v) is 13.9. The largest absolute Gasteiger partial charge is 0.465 e. The molecule has 7 nitrogen and oxygen atoms in total. The summed E-state index contributed by atoms with van der Waals surface area (Å²) in [5, 5.41) is 9.03. The van der Waals surface area contributed by atoms with Gasteiger partial charge in [-0.05, 0) is 5.56 Å². The zero-order valence-electron chi connectivity index (χ0n) is 13.9. The van der Waals surface area contributed by atoms with Crippen molar-refractivity contribution in [3.63, 3.8) is 0 Å². The molecule has 3 rings (SSSR count). The Labute approximate surface area is 145 Å². The number of piperazine rings is 1. The number of halogens is 1. The highest BCUT2D eigenvalue weighted by Gasteiger charge is 2.41. The maximum atomic E-state index is 13.3. The summed E-state index contributed by atoms with van der Waals surface area (Å²) in [7, 11) is 0. The molecule has 8 heteroatoms. The minimum Gasteiger partial charge on any atom is -0.465 e. The molecule has 2 fully saturated rings. The van der Waals surface area contributed by atoms with Gasteiger partial charge in [-0.3, -0.25) is 4.90 Å². The molecule has 2 aliphatic heterocycles. The maximum Gasteiger partial charge on any atom is 0.410 e. The number of benzene rings is 1. The Morgan fingerprint density at radius 2 is 1.84 bits per heavy atom. The van der Waals surface area contributed by atoms with Crippen LogP contribution in [0.15, 0.2) is 30.3 Å². The van der Waals surface area contributed by atoms with Gasteiger partial charge in [-0.2, -0.15) is 0 Å². The monoisotopic (exact) mass is 351 g/mol. The number of hydrogen-bond acceptors (Lipinski definition) is 4. The van der Waals surface area contributed by atoms with Crippen LogP contribution < -0.4 is 0 Å². The van der Waals surface area contributed by atoms with Gasteiger partial charge in [0.1, 0.15) is 13.3 Å². The minimum absolute atomic E-state index is 0.0565. The first kappa shape index (κ1) is 17.5. The van der Waals surface area contributed by atoms with Crippen molar-refractivity contribution in [1.29, 1.82) is 0 Å². The topological polar surface area (TPSA) is 73.3 Å². The van der Waals surface area contributed by atoms with E-state index in [2.05, 4.69) is 0 Å². The first-order chi connectivity index (χ1) is 12.1. The van der Waals surface area contributed by atoms with Crippen LogP contribution in [0.25, 0.3) is 0 Å². The van der Waals surface area contributed by atoms with Crippen LogP contribution in [0.5, 0.6) is 0 Å². The van der Waals surface area contributed by atoms with Crippen molar-refractivity contribution >= 4 is 12.2 Å². The van der Waals surface area contributed by atoms with Gasteiger partial charge in [0.15, 0.2) is 0 Å². The maximum absolute atomic E-state index is 13.3. The quantitative estimate of drug-likeness (QED) is 0.893. The molecule has 0 radical (unpaired) electrons. The lowest BCUT2D eigenvalue weighted by molar-refractivity contribution is -0.0300. The van der Waals surface area contributed by atoms with Gasteiger partial charge in [-0.15, -0.1) is 0 Å². The fourth-order valence-electron chi connectivity index (χ4n) is 3.29. The molecule has 1 aromatic rings. The Bertz CT molecular complexity index is 609. The Balaban J connectivity index is 1.45. The molecule has 2 aliphatic rings. The molecule has 1 N–H and O–H groups in total. The summed E-state index contributed by atoms with van der Waals surface area (Å²) in [6.45, 7) is 1.61. The van der Waals surface area contributed by atoms with Crippen molar-refractivity contribution in [3.05, 3.63) is 35.9 Å². The van der Waals surface area contributed by atoms with Crippen molar-refractivity contribution in [2.75, 3.05) is 39.4 Å². The molecule has 0 saturated carbocycles. The van der Waals surface area contributed by atoms with E-state index in [0.29, 0.717) is 26.2 Å². The average Bonchev–Trinajstić information content (AvgIpc) is 2.59. The summed E-state index contributed by atoms with van der Waals surface area (Å²) < 4.78 is 18.6. The van der Waals surface area contributed by atoms with E-state index in [1.165, 1.54) is 4.90 Å². The number of nitrogens with zero attached hydrogens (tertiary/aromatic N) is 3. The van der Waals surface area contributed by atoms with Gasteiger partial charge in [0.2, 0.25) is 0 Å². The molecule has 1 aromatic carbocycles. The molecule has 0 spiro atoms. The van der Waals surface area contributed by atoms with Crippen molar-refractivity contribution < 1.29 is 23.8 Å². The minimum atomic E-state index is -1.02. The lowest BCUT2D eigenvalue weighted by Crippen LogP contribution is -2.67. The van der Waals surface area contributed by atoms with Gasteiger partial charge >= 0.3 is 12.2 Å². The Kier molecular flexibility index (Phi) is 5.37. The van der Waals surface area contributed by atoms with Crippen molar-refractivity contribution in [1.82, 2.24) is 14.7 Å². The number of ether oxygens (including phenoxy) is 1. The van der Waals surface area contributed by atoms with E-state index in [1.807, 2.05) is 35.2 Å². The number of carboxylic acid groups (broad SMARTS) is 1. The molecule has 0 aliphatic carbocycles. The van der Waals surface area contributed by atoms with Crippen molar-refractivity contribution in [2.24, 2.45) is 0 Å². The number of carbonyl (C=O) groups excluding carboxylic acids is 1. The molecule has 0 bridgehead atoms. The highest BCUT2D eigenvalue weighted by Crippen LogP contribution is 2.22. The number of amides is 2. The van der Waals surface area contributed by atoms with E-state index in [9.17, 15) is 14.0 Å². The van der Waals surface area contributed by atoms with E-state index in [-0.39, 0.29) is 25.3 Å². The molecule has 2 saturated heterocycles. The van der Waals surface area contributed by atoms with Gasteiger partial charge in [0.25, 0.3) is 0 Å². The van der Waals surface area contributed by atoms with Crippen LogP contribution in [-0.2, 0) is 11.3 Å². The number of hydrogen-bond donors (Lipinski definition) is 1. The van der Waals surface area contributed by atoms with Crippen LogP contribution in [-0.4, -0.2) is 83.5 Å². The molecule has 2 amide bonds. The first-order valence-electron chi connectivity index (χ1n) is 8.33. The lowest BCUT2D eigenvalue weighted by Gasteiger charge is -2.50. The molecule has 2 heterocycles. The second-order valence-corrected chi connectivity index (χ2v) is 6.37. The summed E-state index contributed by atoms with van der Waals surface area (Å²) in [5.41, 5.74) is 0.926. The van der Waals surface area contributed by atoms with Crippen LogP contribution in [0.4, 0.5) is 14.0 Å². The fraction of sp³-hybridized carbons (Fsp3) is 0.529. The summed E-state index contributed by atoms with van der Waals surface area (Å²) in [6.07, 6.45) is -1.39. The van der Waals surface area contributed by atoms with Gasteiger partial charge in [-0.25, -0.2) is 14.0 Å². The van der Waals surface area contributed by atoms with E-state index in [0.717, 1.165) is 5.56 Å². The third-order valence-electron chi connectivity index (χ3n) is 4.77. The predicted octanol–water partition coefficient (Wildman–Crippen LogP) is 1.64. The van der Waals surface area contributed by atoms with E-state index < -0.39 is 18.8 Å². The Hall–Kier alpha value is -2.35. The molecule has 1 unspecified atom stereocenters. The van der Waals surface area contributed by atoms with Gasteiger partial charge in [0, 0.05) is 38.8 Å². The number of rotatable bonds is 4. The summed E-state index contributed by atoms with van der Waals surface area (Å²) >= 11 is 0. The number of likely N-dealkylation sites (tertiary alicyclic amines) is 1. The summed E-state index contributed by atoms with van der Waals surface area (Å²) in [6, 6.07) is 9.06. The molecule has 0 aromatic heterocycles. The normalized spacial score (nSPS) is 21.7. The van der Waals surface area contributed by atoms with Gasteiger partial charge in [-0.1, -0.05) is 30.3 Å². The van der Waals surface area contributed by atoms with Crippen LogP contribution in [0.2, 0.25) is 0 Å². The third-order valence-corrected chi connectivity index (χ3v) is 4.77. The molecular formula is C17H22FN3O4. The van der Waals surface area contributed by atoms with Crippen LogP contribution >= 0.6 is 0 Å². The molecule has 25 heavy (non-hydrogen) atoms. The average molecular weight is 351 g/mol. The Morgan fingerprint density at radius 3 is 2.48 bits per heavy atom. The Morgan fingerprint density at radius 1 is 1.12 bits per heavy atom. The van der Waals surface area contributed by atoms with E-state index in [1.54, 1.807) is 4.90 Å². The second kappa shape index (κ2) is 7.69. The molecular weight excluding hydrogens is 329 g/mol. The van der Waals surface area contributed by atoms with E-state index >= 15 is 0 Å². The smallest absolute Gasteiger partial charge is 0.410 e. The highest BCUT2D eigenvalue weighted by molar-refractivity contribution is 5.69. The van der Waals surface area contributed by atoms with Crippen molar-refractivity contribution in [3.8, 4) is 0 Å². The summed E-state index contributed by atoms with van der Waals surface area (Å²) in [5.74, 6) is 0. The zero-order chi connectivity index (χ0) is 17.8. The lowest BCUT2D eigenvalue weighted by atomic mass is 10.0. The third kappa shape index (κ3) is 4.01. The van der Waals surface area contributed by atoms with Crippen LogP contribution in [0.1, 0.15) is 5.56 Å². The number of alkyl halides is 1. The van der Waals surface area contributed by atoms with E-state index in [4.69, 9.17) is 9.84 Å². The fourth-order valence-corrected chi connectivity index (χ4v) is 3.29. The SMILES string of the molecule is O=C(O)N1CCN(C2CN(C(=O)OCc3ccccc3)C2)C(CF)C1. The van der Waals surface area contributed by atoms with Crippen molar-refractivity contribution in [2.45, 2.75) is 18.7 Å². The standard InChI is InChI=1S/C17H22FN3O4/c18-8-14-9-19(16(22)23)6-7-21(14)15-10-20(11-15)17(24)25-12-13-4-2-1-3-5-13/h1-5,14-15H,6-12H2,(H,22,23). The highest BCUT2D eigenvalue weighted by atomic mass is 19.1. The number of carbonyl (C=O) groups is 2. The van der Waals surface area contributed by atoms with Gasteiger partial charge in [0.05, 0.1) is 6.04 Å². The summed E-state index contributed by atoms with van der Waals surface area (Å²) in [4.78, 5) is 27.9. The van der Waals surface area contributed by atoms with Gasteiger partial charge < -0.3 is 19.6 Å². The second-order valence-electron chi connectivity index (χ2n) is 6.37. The first-order valence-corrected chi connectivity index (χ1v) is 8.33. The molecule has 1 atom stereocenters. The van der Waals surface area contributed by atoms with Crippen LogP contribution in [0.3, 0.4) is 0 Å². The predicted molar refractivity (Wildman–Crippen MR) is 88.1 cm³/mol.